The lowest BCUT2D eigenvalue weighted by molar-refractivity contribution is 0.103. The number of halogens is 1. The predicted octanol–water partition coefficient (Wildman–Crippen LogP) is 3.47. The van der Waals surface area contributed by atoms with E-state index in [2.05, 4.69) is 25.6 Å². The molecule has 1 aromatic heterocycles. The lowest BCUT2D eigenvalue weighted by Crippen LogP contribution is -2.10. The van der Waals surface area contributed by atoms with Gasteiger partial charge in [0.1, 0.15) is 4.88 Å². The van der Waals surface area contributed by atoms with Crippen molar-refractivity contribution in [2.45, 2.75) is 6.92 Å². The summed E-state index contributed by atoms with van der Waals surface area (Å²) in [6.45, 7) is 2.00. The third-order valence-corrected chi connectivity index (χ3v) is 3.44. The van der Waals surface area contributed by atoms with Crippen LogP contribution in [0.2, 0.25) is 0 Å². The number of carbonyl (C=O) groups is 1. The van der Waals surface area contributed by atoms with E-state index >= 15 is 0 Å². The maximum atomic E-state index is 11.8. The third kappa shape index (κ3) is 2.48. The average molecular weight is 297 g/mol. The first kappa shape index (κ1) is 11.3. The smallest absolute Gasteiger partial charge is 0.267 e. The maximum absolute atomic E-state index is 11.8. The van der Waals surface area contributed by atoms with Crippen LogP contribution in [0.3, 0.4) is 0 Å². The summed E-state index contributed by atoms with van der Waals surface area (Å²) >= 11 is 4.59. The summed E-state index contributed by atoms with van der Waals surface area (Å²) in [4.78, 5) is 12.4. The molecule has 3 nitrogen and oxygen atoms in total. The minimum atomic E-state index is -0.132. The van der Waals surface area contributed by atoms with Gasteiger partial charge in [0.25, 0.3) is 5.91 Å². The summed E-state index contributed by atoms with van der Waals surface area (Å²) in [6, 6.07) is 7.48. The summed E-state index contributed by atoms with van der Waals surface area (Å²) in [6.07, 6.45) is 1.61. The fraction of sp³-hybridized carbons (Fsp3) is 0.0909. The minimum absolute atomic E-state index is 0.132. The molecule has 0 aliphatic heterocycles. The van der Waals surface area contributed by atoms with Gasteiger partial charge in [0.15, 0.2) is 0 Å². The molecular formula is C11H9BrN2OS. The molecule has 0 saturated carbocycles. The Morgan fingerprint density at radius 1 is 1.44 bits per heavy atom. The van der Waals surface area contributed by atoms with Crippen molar-refractivity contribution in [2.75, 3.05) is 5.32 Å². The Kier molecular flexibility index (Phi) is 3.36. The van der Waals surface area contributed by atoms with Gasteiger partial charge in [-0.25, -0.2) is 4.37 Å². The summed E-state index contributed by atoms with van der Waals surface area (Å²) in [5.74, 6) is -0.132. The van der Waals surface area contributed by atoms with Gasteiger partial charge in [0.05, 0.1) is 5.69 Å². The summed E-state index contributed by atoms with van der Waals surface area (Å²) in [5, 5.41) is 2.82. The highest BCUT2D eigenvalue weighted by Gasteiger charge is 2.09. The van der Waals surface area contributed by atoms with Crippen LogP contribution < -0.4 is 5.32 Å². The molecule has 0 aliphatic carbocycles. The number of rotatable bonds is 2. The number of amides is 1. The van der Waals surface area contributed by atoms with Crippen LogP contribution in [0, 0.1) is 6.92 Å². The Labute approximate surface area is 106 Å². The second kappa shape index (κ2) is 4.76. The fourth-order valence-electron chi connectivity index (χ4n) is 1.24. The van der Waals surface area contributed by atoms with Gasteiger partial charge in [-0.3, -0.25) is 4.79 Å². The molecule has 82 valence electrons. The number of aryl methyl sites for hydroxylation is 1. The second-order valence-corrected chi connectivity index (χ2v) is 5.00. The Balaban J connectivity index is 2.18. The number of benzene rings is 1. The summed E-state index contributed by atoms with van der Waals surface area (Å²) < 4.78 is 4.77. The number of aromatic nitrogens is 1. The molecule has 0 atom stereocenters. The van der Waals surface area contributed by atoms with E-state index in [0.29, 0.717) is 4.88 Å². The quantitative estimate of drug-likeness (QED) is 0.922. The zero-order valence-electron chi connectivity index (χ0n) is 8.53. The standard InChI is InChI=1S/C11H9BrN2OS/c1-7-2-3-9(8(12)6-7)14-11(15)10-4-5-13-16-10/h2-6H,1H3,(H,14,15). The van der Waals surface area contributed by atoms with Gasteiger partial charge in [0.2, 0.25) is 0 Å². The van der Waals surface area contributed by atoms with Crippen LogP contribution in [0.5, 0.6) is 0 Å². The largest absolute Gasteiger partial charge is 0.320 e. The lowest BCUT2D eigenvalue weighted by atomic mass is 10.2. The molecule has 2 aromatic rings. The average Bonchev–Trinajstić information content (AvgIpc) is 2.75. The zero-order valence-corrected chi connectivity index (χ0v) is 10.9. The van der Waals surface area contributed by atoms with Gasteiger partial charge in [0, 0.05) is 10.7 Å². The molecule has 0 saturated heterocycles. The number of nitrogens with one attached hydrogen (secondary N) is 1. The van der Waals surface area contributed by atoms with Gasteiger partial charge < -0.3 is 5.32 Å². The first-order chi connectivity index (χ1) is 7.66. The molecule has 2 rings (SSSR count). The number of nitrogens with zero attached hydrogens (tertiary/aromatic N) is 1. The van der Waals surface area contributed by atoms with Crippen molar-refractivity contribution in [2.24, 2.45) is 0 Å². The minimum Gasteiger partial charge on any atom is -0.320 e. The zero-order chi connectivity index (χ0) is 11.5. The highest BCUT2D eigenvalue weighted by molar-refractivity contribution is 9.10. The van der Waals surface area contributed by atoms with E-state index < -0.39 is 0 Å². The van der Waals surface area contributed by atoms with Crippen LogP contribution in [0.4, 0.5) is 5.69 Å². The molecule has 0 bridgehead atoms. The van der Waals surface area contributed by atoms with E-state index in [1.165, 1.54) is 11.5 Å². The van der Waals surface area contributed by atoms with Crippen LogP contribution >= 0.6 is 27.5 Å². The van der Waals surface area contributed by atoms with Crippen molar-refractivity contribution in [3.8, 4) is 0 Å². The van der Waals surface area contributed by atoms with Crippen molar-refractivity contribution >= 4 is 39.1 Å². The predicted molar refractivity (Wildman–Crippen MR) is 68.9 cm³/mol. The number of anilines is 1. The van der Waals surface area contributed by atoms with Crippen LogP contribution in [0.1, 0.15) is 15.2 Å². The third-order valence-electron chi connectivity index (χ3n) is 2.03. The van der Waals surface area contributed by atoms with E-state index in [1.807, 2.05) is 25.1 Å². The number of hydrogen-bond donors (Lipinski definition) is 1. The maximum Gasteiger partial charge on any atom is 0.267 e. The van der Waals surface area contributed by atoms with Gasteiger partial charge >= 0.3 is 0 Å². The van der Waals surface area contributed by atoms with E-state index in [4.69, 9.17) is 0 Å². The molecule has 0 unspecified atom stereocenters. The van der Waals surface area contributed by atoms with Gasteiger partial charge in [-0.1, -0.05) is 6.07 Å². The van der Waals surface area contributed by atoms with Crippen molar-refractivity contribution < 1.29 is 4.79 Å². The molecule has 0 spiro atoms. The van der Waals surface area contributed by atoms with Gasteiger partial charge in [-0.05, 0) is 58.1 Å². The van der Waals surface area contributed by atoms with Crippen molar-refractivity contribution in [3.05, 3.63) is 45.4 Å². The molecule has 1 N–H and O–H groups in total. The summed E-state index contributed by atoms with van der Waals surface area (Å²) in [5.41, 5.74) is 1.91. The summed E-state index contributed by atoms with van der Waals surface area (Å²) in [7, 11) is 0. The molecule has 1 amide bonds. The normalized spacial score (nSPS) is 10.1. The number of carbonyl (C=O) groups excluding carboxylic acids is 1. The monoisotopic (exact) mass is 296 g/mol. The van der Waals surface area contributed by atoms with Crippen molar-refractivity contribution in [3.63, 3.8) is 0 Å². The molecule has 5 heteroatoms. The van der Waals surface area contributed by atoms with Gasteiger partial charge in [-0.15, -0.1) is 0 Å². The van der Waals surface area contributed by atoms with Crippen molar-refractivity contribution in [1.82, 2.24) is 4.37 Å². The van der Waals surface area contributed by atoms with Crippen LogP contribution in [-0.4, -0.2) is 10.3 Å². The highest BCUT2D eigenvalue weighted by atomic mass is 79.9. The Bertz CT molecular complexity index is 511. The highest BCUT2D eigenvalue weighted by Crippen LogP contribution is 2.24. The molecule has 0 radical (unpaired) electrons. The van der Waals surface area contributed by atoms with Gasteiger partial charge in [-0.2, -0.15) is 0 Å². The molecule has 1 heterocycles. The molecular weight excluding hydrogens is 288 g/mol. The van der Waals surface area contributed by atoms with Crippen LogP contribution in [0.25, 0.3) is 0 Å². The lowest BCUT2D eigenvalue weighted by Gasteiger charge is -2.06. The topological polar surface area (TPSA) is 42.0 Å². The molecule has 1 aromatic carbocycles. The van der Waals surface area contributed by atoms with E-state index in [-0.39, 0.29) is 5.91 Å². The van der Waals surface area contributed by atoms with Crippen molar-refractivity contribution in [1.29, 1.82) is 0 Å². The Morgan fingerprint density at radius 2 is 2.25 bits per heavy atom. The van der Waals surface area contributed by atoms with E-state index in [1.54, 1.807) is 12.3 Å². The molecule has 0 fully saturated rings. The Hall–Kier alpha value is -1.20. The Morgan fingerprint density at radius 3 is 2.88 bits per heavy atom. The molecule has 0 aliphatic rings. The first-order valence-corrected chi connectivity index (χ1v) is 6.21. The number of hydrogen-bond acceptors (Lipinski definition) is 3. The first-order valence-electron chi connectivity index (χ1n) is 4.65. The molecule has 16 heavy (non-hydrogen) atoms. The van der Waals surface area contributed by atoms with E-state index in [0.717, 1.165) is 15.7 Å². The fourth-order valence-corrected chi connectivity index (χ4v) is 2.32. The van der Waals surface area contributed by atoms with Crippen LogP contribution in [0.15, 0.2) is 34.9 Å². The van der Waals surface area contributed by atoms with E-state index in [9.17, 15) is 4.79 Å². The SMILES string of the molecule is Cc1ccc(NC(=O)c2ccns2)c(Br)c1. The second-order valence-electron chi connectivity index (χ2n) is 3.31. The van der Waals surface area contributed by atoms with Crippen LogP contribution in [-0.2, 0) is 0 Å².